The quantitative estimate of drug-likeness (QED) is 0.625. The number of hydrogen-bond acceptors (Lipinski definition) is 6. The lowest BCUT2D eigenvalue weighted by Crippen LogP contribution is -2.42. The fourth-order valence-electron chi connectivity index (χ4n) is 2.55. The largest absolute Gasteiger partial charge is 0.350 e. The van der Waals surface area contributed by atoms with E-state index >= 15 is 0 Å². The Morgan fingerprint density at radius 3 is 2.68 bits per heavy atom. The van der Waals surface area contributed by atoms with E-state index in [0.29, 0.717) is 18.9 Å². The lowest BCUT2D eigenvalue weighted by Gasteiger charge is -2.19. The number of carbonyl (C=O) groups is 2. The predicted octanol–water partition coefficient (Wildman–Crippen LogP) is 1.87. The van der Waals surface area contributed by atoms with Crippen LogP contribution in [0.4, 0.5) is 0 Å². The zero-order chi connectivity index (χ0) is 19.9. The summed E-state index contributed by atoms with van der Waals surface area (Å²) in [5, 5.41) is 17.0. The van der Waals surface area contributed by atoms with Gasteiger partial charge >= 0.3 is 0 Å². The molecular formula is C19H22N6O2S. The molecule has 0 aliphatic rings. The molecule has 0 aliphatic carbocycles. The number of benzene rings is 1. The van der Waals surface area contributed by atoms with E-state index in [0.717, 1.165) is 16.0 Å². The fraction of sp³-hybridized carbons (Fsp3) is 0.316. The van der Waals surface area contributed by atoms with Crippen LogP contribution in [0.5, 0.6) is 0 Å². The molecule has 2 heterocycles. The lowest BCUT2D eigenvalue weighted by atomic mass is 10.1. The van der Waals surface area contributed by atoms with Crippen molar-refractivity contribution in [3.05, 3.63) is 52.2 Å². The maximum atomic E-state index is 12.5. The van der Waals surface area contributed by atoms with Crippen LogP contribution in [0.15, 0.2) is 41.8 Å². The van der Waals surface area contributed by atoms with Crippen molar-refractivity contribution < 1.29 is 9.59 Å². The topological polar surface area (TPSA) is 93.0 Å². The summed E-state index contributed by atoms with van der Waals surface area (Å²) in [5.41, 5.74) is 1.98. The molecule has 1 aromatic carbocycles. The van der Waals surface area contributed by atoms with Crippen molar-refractivity contribution in [1.29, 1.82) is 0 Å². The Labute approximate surface area is 167 Å². The highest BCUT2D eigenvalue weighted by Gasteiger charge is 2.17. The number of likely N-dealkylation sites (N-methyl/N-ethyl adjacent to an activating group) is 1. The first-order chi connectivity index (χ1) is 13.5. The average molecular weight is 398 g/mol. The molecule has 146 valence electrons. The minimum absolute atomic E-state index is 0.000223. The van der Waals surface area contributed by atoms with Gasteiger partial charge in [-0.15, -0.1) is 21.5 Å². The van der Waals surface area contributed by atoms with Gasteiger partial charge in [0.2, 0.25) is 17.6 Å². The molecule has 3 rings (SSSR count). The molecule has 1 N–H and O–H groups in total. The number of hydrogen-bond donors (Lipinski definition) is 1. The zero-order valence-electron chi connectivity index (χ0n) is 15.8. The van der Waals surface area contributed by atoms with Crippen molar-refractivity contribution in [1.82, 2.24) is 30.4 Å². The van der Waals surface area contributed by atoms with Gasteiger partial charge in [-0.1, -0.05) is 35.9 Å². The fourth-order valence-corrected chi connectivity index (χ4v) is 3.20. The van der Waals surface area contributed by atoms with Gasteiger partial charge in [-0.05, 0) is 30.5 Å². The molecule has 3 aromatic rings. The highest BCUT2D eigenvalue weighted by molar-refractivity contribution is 7.09. The summed E-state index contributed by atoms with van der Waals surface area (Å²) in [6, 6.07) is 11.6. The van der Waals surface area contributed by atoms with E-state index in [1.165, 1.54) is 9.70 Å². The van der Waals surface area contributed by atoms with E-state index in [1.54, 1.807) is 11.3 Å². The van der Waals surface area contributed by atoms with Crippen molar-refractivity contribution in [2.45, 2.75) is 26.9 Å². The summed E-state index contributed by atoms with van der Waals surface area (Å²) < 4.78 is 0. The molecule has 0 aliphatic heterocycles. The minimum atomic E-state index is -0.235. The van der Waals surface area contributed by atoms with E-state index in [9.17, 15) is 9.59 Å². The van der Waals surface area contributed by atoms with Gasteiger partial charge in [0.05, 0.1) is 13.1 Å². The number of nitrogens with zero attached hydrogens (tertiary/aromatic N) is 5. The summed E-state index contributed by atoms with van der Waals surface area (Å²) in [4.78, 5) is 28.4. The first-order valence-corrected chi connectivity index (χ1v) is 9.85. The molecule has 2 amide bonds. The maximum Gasteiger partial charge on any atom is 0.246 e. The van der Waals surface area contributed by atoms with Crippen LogP contribution in [-0.2, 0) is 22.7 Å². The number of aryl methyl sites for hydroxylation is 1. The van der Waals surface area contributed by atoms with Crippen LogP contribution < -0.4 is 5.32 Å². The first kappa shape index (κ1) is 19.7. The molecule has 0 saturated heterocycles. The van der Waals surface area contributed by atoms with Crippen LogP contribution >= 0.6 is 11.3 Å². The smallest absolute Gasteiger partial charge is 0.246 e. The Kier molecular flexibility index (Phi) is 6.49. The van der Waals surface area contributed by atoms with Gasteiger partial charge in [0.1, 0.15) is 6.54 Å². The number of rotatable bonds is 8. The van der Waals surface area contributed by atoms with Crippen molar-refractivity contribution in [3.63, 3.8) is 0 Å². The molecule has 0 spiro atoms. The van der Waals surface area contributed by atoms with Crippen LogP contribution in [0.25, 0.3) is 11.4 Å². The van der Waals surface area contributed by atoms with Crippen LogP contribution in [-0.4, -0.2) is 50.0 Å². The van der Waals surface area contributed by atoms with Gasteiger partial charge in [0, 0.05) is 17.0 Å². The van der Waals surface area contributed by atoms with Gasteiger partial charge in [-0.2, -0.15) is 4.80 Å². The number of amides is 2. The van der Waals surface area contributed by atoms with Crippen molar-refractivity contribution >= 4 is 23.2 Å². The van der Waals surface area contributed by atoms with Gasteiger partial charge in [-0.3, -0.25) is 9.59 Å². The van der Waals surface area contributed by atoms with Gasteiger partial charge in [0.15, 0.2) is 0 Å². The van der Waals surface area contributed by atoms with Crippen LogP contribution in [0, 0.1) is 6.92 Å². The number of tetrazole rings is 1. The monoisotopic (exact) mass is 398 g/mol. The van der Waals surface area contributed by atoms with Crippen LogP contribution in [0.2, 0.25) is 0 Å². The highest BCUT2D eigenvalue weighted by atomic mass is 32.1. The Morgan fingerprint density at radius 1 is 1.21 bits per heavy atom. The lowest BCUT2D eigenvalue weighted by molar-refractivity contribution is -0.136. The molecule has 0 bridgehead atoms. The number of thiophene rings is 1. The van der Waals surface area contributed by atoms with Crippen molar-refractivity contribution in [3.8, 4) is 11.4 Å². The van der Waals surface area contributed by atoms with Gasteiger partial charge < -0.3 is 10.2 Å². The van der Waals surface area contributed by atoms with Crippen molar-refractivity contribution in [2.75, 3.05) is 13.1 Å². The molecule has 0 fully saturated rings. The Hall–Kier alpha value is -3.07. The molecule has 28 heavy (non-hydrogen) atoms. The van der Waals surface area contributed by atoms with Gasteiger partial charge in [-0.25, -0.2) is 0 Å². The van der Waals surface area contributed by atoms with E-state index in [-0.39, 0.29) is 24.9 Å². The molecule has 0 unspecified atom stereocenters. The van der Waals surface area contributed by atoms with Crippen molar-refractivity contribution in [2.24, 2.45) is 0 Å². The van der Waals surface area contributed by atoms with E-state index < -0.39 is 0 Å². The molecule has 0 atom stereocenters. The summed E-state index contributed by atoms with van der Waals surface area (Å²) in [5.74, 6) is 0.0293. The molecule has 9 heteroatoms. The van der Waals surface area contributed by atoms with E-state index in [1.807, 2.05) is 55.6 Å². The predicted molar refractivity (Wildman–Crippen MR) is 106 cm³/mol. The van der Waals surface area contributed by atoms with E-state index in [2.05, 4.69) is 20.7 Å². The Bertz CT molecular complexity index is 920. The SMILES string of the molecule is CCN(CC(=O)NCc1cccs1)C(=O)Cn1nnc(-c2ccc(C)cc2)n1. The third-order valence-corrected chi connectivity index (χ3v) is 5.02. The molecule has 0 radical (unpaired) electrons. The molecule has 2 aromatic heterocycles. The molecular weight excluding hydrogens is 376 g/mol. The summed E-state index contributed by atoms with van der Waals surface area (Å²) in [7, 11) is 0. The van der Waals surface area contributed by atoms with E-state index in [4.69, 9.17) is 0 Å². The number of carbonyl (C=O) groups excluding carboxylic acids is 2. The number of nitrogens with one attached hydrogen (secondary N) is 1. The summed E-state index contributed by atoms with van der Waals surface area (Å²) in [6.07, 6.45) is 0. The second-order valence-electron chi connectivity index (χ2n) is 6.27. The number of aromatic nitrogens is 4. The van der Waals surface area contributed by atoms with Crippen LogP contribution in [0.1, 0.15) is 17.4 Å². The average Bonchev–Trinajstić information content (AvgIpc) is 3.37. The Balaban J connectivity index is 1.54. The first-order valence-electron chi connectivity index (χ1n) is 8.97. The molecule has 0 saturated carbocycles. The maximum absolute atomic E-state index is 12.5. The third kappa shape index (κ3) is 5.23. The second kappa shape index (κ2) is 9.23. The zero-order valence-corrected chi connectivity index (χ0v) is 16.6. The highest BCUT2D eigenvalue weighted by Crippen LogP contribution is 2.14. The summed E-state index contributed by atoms with van der Waals surface area (Å²) >= 11 is 1.58. The summed E-state index contributed by atoms with van der Waals surface area (Å²) in [6.45, 7) is 4.66. The second-order valence-corrected chi connectivity index (χ2v) is 7.31. The Morgan fingerprint density at radius 2 is 2.00 bits per heavy atom. The molecule has 8 nitrogen and oxygen atoms in total. The minimum Gasteiger partial charge on any atom is -0.350 e. The van der Waals surface area contributed by atoms with Gasteiger partial charge in [0.25, 0.3) is 0 Å². The normalized spacial score (nSPS) is 10.6. The third-order valence-electron chi connectivity index (χ3n) is 4.15. The standard InChI is InChI=1S/C19H22N6O2S/c1-3-24(12-17(26)20-11-16-5-4-10-28-16)18(27)13-25-22-19(21-23-25)15-8-6-14(2)7-9-15/h4-10H,3,11-13H2,1-2H3,(H,20,26). The van der Waals surface area contributed by atoms with Crippen LogP contribution in [0.3, 0.4) is 0 Å².